The first kappa shape index (κ1) is 54.9. The maximum absolute atomic E-state index is 12.9. The number of hydrogen-bond donors (Lipinski definition) is 3. The third kappa shape index (κ3) is 28.9. The number of unbranched alkanes of at least 4 members (excludes halogenated alkanes) is 21. The molecule has 0 aromatic rings. The lowest BCUT2D eigenvalue weighted by atomic mass is 9.95. The molecule has 59 heavy (non-hydrogen) atoms. The monoisotopic (exact) mass is 834 g/mol. The lowest BCUT2D eigenvalue weighted by molar-refractivity contribution is -0.150. The topological polar surface area (TPSA) is 117 Å². The van der Waals surface area contributed by atoms with Gasteiger partial charge in [-0.15, -0.1) is 0 Å². The lowest BCUT2D eigenvalue weighted by Crippen LogP contribution is -2.47. The number of likely N-dealkylation sites (N-methyl/N-ethyl adjacent to an activating group) is 1. The molecule has 2 unspecified atom stereocenters. The number of aliphatic hydroxyl groups excluding tert-OH is 1. The minimum absolute atomic E-state index is 0.00486. The highest BCUT2D eigenvalue weighted by atomic mass is 16.5. The highest BCUT2D eigenvalue weighted by molar-refractivity contribution is 6.07. The third-order valence-corrected chi connectivity index (χ3v) is 12.2. The van der Waals surface area contributed by atoms with Gasteiger partial charge in [-0.3, -0.25) is 14.4 Å². The summed E-state index contributed by atoms with van der Waals surface area (Å²) in [6.07, 6.45) is 35.9. The van der Waals surface area contributed by atoms with E-state index in [0.29, 0.717) is 30.8 Å². The van der Waals surface area contributed by atoms with Crippen molar-refractivity contribution in [2.45, 2.75) is 258 Å². The Labute approximate surface area is 363 Å². The van der Waals surface area contributed by atoms with Gasteiger partial charge >= 0.3 is 11.9 Å². The van der Waals surface area contributed by atoms with E-state index in [4.69, 9.17) is 9.47 Å². The van der Waals surface area contributed by atoms with E-state index >= 15 is 0 Å². The molecule has 0 heterocycles. The van der Waals surface area contributed by atoms with Gasteiger partial charge < -0.3 is 30.1 Å². The first-order chi connectivity index (χ1) is 28.8. The average molecular weight is 834 g/mol. The van der Waals surface area contributed by atoms with Gasteiger partial charge in [0, 0.05) is 26.4 Å². The molecule has 0 aromatic heterocycles. The molecule has 0 fully saturated rings. The van der Waals surface area contributed by atoms with E-state index in [0.717, 1.165) is 122 Å². The van der Waals surface area contributed by atoms with Gasteiger partial charge in [0.2, 0.25) is 5.78 Å². The van der Waals surface area contributed by atoms with Gasteiger partial charge in [0.05, 0.1) is 5.70 Å². The van der Waals surface area contributed by atoms with Crippen molar-refractivity contribution in [1.29, 1.82) is 0 Å². The number of aliphatic hydroxyl groups is 1. The predicted octanol–water partition coefficient (Wildman–Crippen LogP) is 12.0. The maximum Gasteiger partial charge on any atom is 0.306 e. The van der Waals surface area contributed by atoms with E-state index in [1.807, 2.05) is 0 Å². The van der Waals surface area contributed by atoms with Crippen molar-refractivity contribution >= 4 is 17.7 Å². The maximum atomic E-state index is 12.9. The summed E-state index contributed by atoms with van der Waals surface area (Å²) >= 11 is 0. The number of carbonyl (C=O) groups excluding carboxylic acids is 3. The Kier molecular flexibility index (Phi) is 36.1. The number of nitrogens with one attached hydrogen (secondary N) is 2. The number of ether oxygens (including phenoxy) is 2. The molecule has 346 valence electrons. The smallest absolute Gasteiger partial charge is 0.306 e. The van der Waals surface area contributed by atoms with E-state index in [-0.39, 0.29) is 29.9 Å². The second-order valence-electron chi connectivity index (χ2n) is 17.6. The minimum atomic E-state index is -1.04. The predicted molar refractivity (Wildman–Crippen MR) is 246 cm³/mol. The molecule has 1 aliphatic carbocycles. The van der Waals surface area contributed by atoms with Crippen LogP contribution < -0.4 is 10.6 Å². The number of carbonyl (C=O) groups is 3. The van der Waals surface area contributed by atoms with Crippen molar-refractivity contribution < 1.29 is 29.0 Å². The molecule has 2 atom stereocenters. The number of hydrogen-bond acceptors (Lipinski definition) is 9. The fourth-order valence-electron chi connectivity index (χ4n) is 8.24. The molecule has 0 amide bonds. The fraction of sp³-hybridized carbons (Fsp3) is 0.900. The van der Waals surface area contributed by atoms with Crippen LogP contribution in [0.15, 0.2) is 11.4 Å². The first-order valence-electron chi connectivity index (χ1n) is 25.3. The lowest BCUT2D eigenvalue weighted by Gasteiger charge is -2.29. The van der Waals surface area contributed by atoms with Crippen molar-refractivity contribution in [2.24, 2.45) is 0 Å². The highest BCUT2D eigenvalue weighted by Crippen LogP contribution is 2.21. The quantitative estimate of drug-likeness (QED) is 0.0407. The van der Waals surface area contributed by atoms with Gasteiger partial charge in [0.15, 0.2) is 6.10 Å². The number of esters is 2. The Morgan fingerprint density at radius 1 is 0.559 bits per heavy atom. The van der Waals surface area contributed by atoms with E-state index < -0.39 is 6.10 Å². The van der Waals surface area contributed by atoms with Crippen LogP contribution in [0.25, 0.3) is 0 Å². The number of rotatable bonds is 44. The van der Waals surface area contributed by atoms with Gasteiger partial charge in [-0.05, 0) is 96.7 Å². The van der Waals surface area contributed by atoms with Gasteiger partial charge in [-0.25, -0.2) is 0 Å². The highest BCUT2D eigenvalue weighted by Gasteiger charge is 2.37. The first-order valence-corrected chi connectivity index (χ1v) is 25.3. The Hall–Kier alpha value is -2.13. The Morgan fingerprint density at radius 3 is 1.42 bits per heavy atom. The van der Waals surface area contributed by atoms with Crippen molar-refractivity contribution in [3.8, 4) is 0 Å². The van der Waals surface area contributed by atoms with Crippen LogP contribution in [0.2, 0.25) is 0 Å². The van der Waals surface area contributed by atoms with Crippen molar-refractivity contribution in [3.05, 3.63) is 11.4 Å². The summed E-state index contributed by atoms with van der Waals surface area (Å²) in [5.41, 5.74) is 1.08. The Bertz CT molecular complexity index is 1050. The zero-order chi connectivity index (χ0) is 43.2. The van der Waals surface area contributed by atoms with Crippen LogP contribution in [-0.2, 0) is 23.9 Å². The molecular formula is C50H95N3O6. The molecule has 0 aliphatic heterocycles. The molecule has 1 rings (SSSR count). The summed E-state index contributed by atoms with van der Waals surface area (Å²) in [5.74, 6) is -0.307. The van der Waals surface area contributed by atoms with Crippen LogP contribution in [0.3, 0.4) is 0 Å². The molecule has 0 saturated heterocycles. The van der Waals surface area contributed by atoms with Gasteiger partial charge in [0.25, 0.3) is 0 Å². The molecule has 1 aliphatic rings. The summed E-state index contributed by atoms with van der Waals surface area (Å²) < 4.78 is 11.9. The number of Topliss-reactive ketones (excluding diaryl/α,β-unsaturated/α-hetero) is 1. The number of nitrogens with zero attached hydrogens (tertiary/aromatic N) is 1. The molecule has 0 saturated carbocycles. The standard InChI is InChI=1S/C50H95N3O6/c1-6-10-13-16-20-26-34-43(9-4)58-45(54)38-30-25-32-41-53(42-33-39-52-48-47(51-5)49(56)50(48)57)40-31-24-19-23-29-37-46(55)59-44(35-27-21-17-14-11-7-2)36-28-22-18-15-12-8-3/h43-44,50-52,57H,6-42H2,1-5H3. The Morgan fingerprint density at radius 2 is 0.949 bits per heavy atom. The summed E-state index contributed by atoms with van der Waals surface area (Å²) in [6.45, 7) is 12.5. The Balaban J connectivity index is 2.44. The van der Waals surface area contributed by atoms with Gasteiger partial charge in [-0.1, -0.05) is 150 Å². The molecule has 0 aromatic carbocycles. The molecule has 9 heteroatoms. The molecular weight excluding hydrogens is 739 g/mol. The van der Waals surface area contributed by atoms with Crippen LogP contribution in [0.5, 0.6) is 0 Å². The van der Waals surface area contributed by atoms with E-state index in [9.17, 15) is 19.5 Å². The summed E-state index contributed by atoms with van der Waals surface area (Å²) in [6, 6.07) is 0. The van der Waals surface area contributed by atoms with Gasteiger partial charge in [-0.2, -0.15) is 0 Å². The molecule has 0 spiro atoms. The van der Waals surface area contributed by atoms with E-state index in [1.54, 1.807) is 7.05 Å². The normalized spacial score (nSPS) is 14.6. The van der Waals surface area contributed by atoms with Crippen LogP contribution in [0.4, 0.5) is 0 Å². The molecule has 3 N–H and O–H groups in total. The second-order valence-corrected chi connectivity index (χ2v) is 17.6. The largest absolute Gasteiger partial charge is 0.462 e. The zero-order valence-corrected chi connectivity index (χ0v) is 39.3. The van der Waals surface area contributed by atoms with Crippen LogP contribution in [-0.4, -0.2) is 79.3 Å². The number of ketones is 1. The van der Waals surface area contributed by atoms with E-state index in [2.05, 4.69) is 43.2 Å². The van der Waals surface area contributed by atoms with E-state index in [1.165, 1.54) is 96.3 Å². The van der Waals surface area contributed by atoms with Crippen LogP contribution >= 0.6 is 0 Å². The fourth-order valence-corrected chi connectivity index (χ4v) is 8.24. The van der Waals surface area contributed by atoms with Crippen molar-refractivity contribution in [3.63, 3.8) is 0 Å². The summed E-state index contributed by atoms with van der Waals surface area (Å²) in [5, 5.41) is 16.2. The summed E-state index contributed by atoms with van der Waals surface area (Å²) in [4.78, 5) is 39.9. The SMILES string of the molecule is CCCCCCCCC(CC)OC(=O)CCCCCN(CCCCCCCC(=O)OC(CCCCCCCC)CCCCCCCC)CCCNC1=C(NC)C(=O)C1O. The van der Waals surface area contributed by atoms with Crippen LogP contribution in [0, 0.1) is 0 Å². The molecule has 0 bridgehead atoms. The second kappa shape index (κ2) is 38.8. The van der Waals surface area contributed by atoms with Gasteiger partial charge in [0.1, 0.15) is 17.9 Å². The van der Waals surface area contributed by atoms with Crippen molar-refractivity contribution in [2.75, 3.05) is 33.2 Å². The zero-order valence-electron chi connectivity index (χ0n) is 39.3. The van der Waals surface area contributed by atoms with Crippen molar-refractivity contribution in [1.82, 2.24) is 15.5 Å². The van der Waals surface area contributed by atoms with Crippen LogP contribution in [0.1, 0.15) is 240 Å². The summed E-state index contributed by atoms with van der Waals surface area (Å²) in [7, 11) is 1.71. The molecule has 9 nitrogen and oxygen atoms in total. The molecule has 0 radical (unpaired) electrons. The third-order valence-electron chi connectivity index (χ3n) is 12.2. The minimum Gasteiger partial charge on any atom is -0.462 e. The average Bonchev–Trinajstić information content (AvgIpc) is 3.23.